The van der Waals surface area contributed by atoms with Crippen molar-refractivity contribution in [3.05, 3.63) is 28.7 Å². The van der Waals surface area contributed by atoms with E-state index in [1.165, 1.54) is 0 Å². The third kappa shape index (κ3) is 4.55. The molecular weight excluding hydrogens is 374 g/mol. The molecule has 1 atom stereocenters. The van der Waals surface area contributed by atoms with Gasteiger partial charge in [-0.05, 0) is 18.2 Å². The van der Waals surface area contributed by atoms with Crippen LogP contribution in [-0.4, -0.2) is 67.6 Å². The van der Waals surface area contributed by atoms with Crippen molar-refractivity contribution in [1.82, 2.24) is 9.80 Å². The number of nitrogens with zero attached hydrogens (tertiary/aromatic N) is 2. The Kier molecular flexibility index (Phi) is 5.86. The zero-order valence-corrected chi connectivity index (χ0v) is 15.1. The van der Waals surface area contributed by atoms with E-state index in [4.69, 9.17) is 4.74 Å². The van der Waals surface area contributed by atoms with Crippen LogP contribution >= 0.6 is 15.9 Å². The molecule has 2 aliphatic heterocycles. The SMILES string of the molecule is O=C(Nc1cccc(Br)c1)C1CC(=O)N(CCN2CCOCC2)C1. The minimum Gasteiger partial charge on any atom is -0.379 e. The third-order valence-corrected chi connectivity index (χ3v) is 4.96. The van der Waals surface area contributed by atoms with Gasteiger partial charge in [0.25, 0.3) is 0 Å². The van der Waals surface area contributed by atoms with Crippen LogP contribution in [0, 0.1) is 5.92 Å². The zero-order valence-electron chi connectivity index (χ0n) is 13.5. The van der Waals surface area contributed by atoms with Crippen molar-refractivity contribution in [1.29, 1.82) is 0 Å². The summed E-state index contributed by atoms with van der Waals surface area (Å²) in [5.74, 6) is -0.297. The van der Waals surface area contributed by atoms with E-state index in [-0.39, 0.29) is 17.7 Å². The highest BCUT2D eigenvalue weighted by molar-refractivity contribution is 9.10. The topological polar surface area (TPSA) is 61.9 Å². The van der Waals surface area contributed by atoms with E-state index in [2.05, 4.69) is 26.1 Å². The average molecular weight is 396 g/mol. The van der Waals surface area contributed by atoms with Crippen LogP contribution in [0.4, 0.5) is 5.69 Å². The molecule has 0 radical (unpaired) electrons. The van der Waals surface area contributed by atoms with Gasteiger partial charge in [-0.1, -0.05) is 22.0 Å². The molecule has 6 nitrogen and oxygen atoms in total. The minimum absolute atomic E-state index is 0.0673. The van der Waals surface area contributed by atoms with Crippen LogP contribution in [0.3, 0.4) is 0 Å². The van der Waals surface area contributed by atoms with Crippen LogP contribution in [0.1, 0.15) is 6.42 Å². The molecule has 0 aliphatic carbocycles. The van der Waals surface area contributed by atoms with Crippen molar-refractivity contribution in [2.24, 2.45) is 5.92 Å². The molecule has 7 heteroatoms. The second kappa shape index (κ2) is 8.09. The Morgan fingerprint density at radius 3 is 2.83 bits per heavy atom. The lowest BCUT2D eigenvalue weighted by molar-refractivity contribution is -0.128. The number of likely N-dealkylation sites (tertiary alicyclic amines) is 1. The van der Waals surface area contributed by atoms with E-state index >= 15 is 0 Å². The van der Waals surface area contributed by atoms with Gasteiger partial charge in [-0.2, -0.15) is 0 Å². The summed E-state index contributed by atoms with van der Waals surface area (Å²) in [6.45, 7) is 5.36. The van der Waals surface area contributed by atoms with Crippen LogP contribution in [-0.2, 0) is 14.3 Å². The summed E-state index contributed by atoms with van der Waals surface area (Å²) in [6, 6.07) is 7.47. The summed E-state index contributed by atoms with van der Waals surface area (Å²) in [5.41, 5.74) is 0.744. The molecule has 0 aromatic heterocycles. The lowest BCUT2D eigenvalue weighted by atomic mass is 10.1. The van der Waals surface area contributed by atoms with E-state index in [9.17, 15) is 9.59 Å². The quantitative estimate of drug-likeness (QED) is 0.821. The Labute approximate surface area is 150 Å². The maximum absolute atomic E-state index is 12.4. The van der Waals surface area contributed by atoms with E-state index < -0.39 is 0 Å². The highest BCUT2D eigenvalue weighted by atomic mass is 79.9. The molecule has 2 saturated heterocycles. The van der Waals surface area contributed by atoms with Gasteiger partial charge >= 0.3 is 0 Å². The Hall–Kier alpha value is -1.44. The molecule has 2 amide bonds. The van der Waals surface area contributed by atoms with Crippen molar-refractivity contribution in [3.63, 3.8) is 0 Å². The van der Waals surface area contributed by atoms with Crippen molar-refractivity contribution >= 4 is 33.4 Å². The van der Waals surface area contributed by atoms with E-state index in [0.29, 0.717) is 19.5 Å². The number of morpholine rings is 1. The number of rotatable bonds is 5. The van der Waals surface area contributed by atoms with Crippen LogP contribution in [0.15, 0.2) is 28.7 Å². The highest BCUT2D eigenvalue weighted by Gasteiger charge is 2.34. The molecule has 2 heterocycles. The van der Waals surface area contributed by atoms with Crippen molar-refractivity contribution in [3.8, 4) is 0 Å². The maximum atomic E-state index is 12.4. The molecule has 2 fully saturated rings. The summed E-state index contributed by atoms with van der Waals surface area (Å²) in [4.78, 5) is 28.7. The van der Waals surface area contributed by atoms with Crippen LogP contribution in [0.25, 0.3) is 0 Å². The van der Waals surface area contributed by atoms with Crippen molar-refractivity contribution in [2.45, 2.75) is 6.42 Å². The number of anilines is 1. The first kappa shape index (κ1) is 17.4. The van der Waals surface area contributed by atoms with Gasteiger partial charge in [0.2, 0.25) is 11.8 Å². The first-order valence-electron chi connectivity index (χ1n) is 8.26. The normalized spacial score (nSPS) is 22.0. The Morgan fingerprint density at radius 1 is 1.29 bits per heavy atom. The van der Waals surface area contributed by atoms with Gasteiger partial charge < -0.3 is 15.0 Å². The van der Waals surface area contributed by atoms with E-state index in [1.807, 2.05) is 24.3 Å². The first-order chi connectivity index (χ1) is 11.6. The predicted molar refractivity (Wildman–Crippen MR) is 94.7 cm³/mol. The van der Waals surface area contributed by atoms with E-state index in [1.54, 1.807) is 4.90 Å². The van der Waals surface area contributed by atoms with Crippen molar-refractivity contribution < 1.29 is 14.3 Å². The fraction of sp³-hybridized carbons (Fsp3) is 0.529. The molecule has 3 rings (SSSR count). The van der Waals surface area contributed by atoms with Gasteiger partial charge in [-0.25, -0.2) is 0 Å². The van der Waals surface area contributed by atoms with Crippen LogP contribution in [0.5, 0.6) is 0 Å². The number of hydrogen-bond donors (Lipinski definition) is 1. The molecule has 130 valence electrons. The lowest BCUT2D eigenvalue weighted by Crippen LogP contribution is -2.42. The van der Waals surface area contributed by atoms with Crippen LogP contribution < -0.4 is 5.32 Å². The molecule has 0 saturated carbocycles. The number of carbonyl (C=O) groups excluding carboxylic acids is 2. The van der Waals surface area contributed by atoms with Crippen LogP contribution in [0.2, 0.25) is 0 Å². The van der Waals surface area contributed by atoms with Crippen molar-refractivity contribution in [2.75, 3.05) is 51.3 Å². The second-order valence-electron chi connectivity index (χ2n) is 6.19. The molecule has 2 aliphatic rings. The molecule has 1 N–H and O–H groups in total. The van der Waals surface area contributed by atoms with E-state index in [0.717, 1.165) is 43.0 Å². The fourth-order valence-corrected chi connectivity index (χ4v) is 3.46. The summed E-state index contributed by atoms with van der Waals surface area (Å²) < 4.78 is 6.24. The smallest absolute Gasteiger partial charge is 0.229 e. The first-order valence-corrected chi connectivity index (χ1v) is 9.05. The molecular formula is C17H22BrN3O3. The standard InChI is InChI=1S/C17H22BrN3O3/c18-14-2-1-3-15(11-14)19-17(23)13-10-16(22)21(12-13)5-4-20-6-8-24-9-7-20/h1-3,11,13H,4-10,12H2,(H,19,23). The van der Waals surface area contributed by atoms with Gasteiger partial charge in [0.1, 0.15) is 0 Å². The maximum Gasteiger partial charge on any atom is 0.229 e. The number of benzene rings is 1. The summed E-state index contributed by atoms with van der Waals surface area (Å²) in [6.07, 6.45) is 0.295. The molecule has 0 spiro atoms. The van der Waals surface area contributed by atoms with Gasteiger partial charge in [0.15, 0.2) is 0 Å². The predicted octanol–water partition coefficient (Wildman–Crippen LogP) is 1.57. The number of carbonyl (C=O) groups is 2. The second-order valence-corrected chi connectivity index (χ2v) is 7.11. The lowest BCUT2D eigenvalue weighted by Gasteiger charge is -2.28. The molecule has 1 aromatic rings. The Balaban J connectivity index is 1.49. The zero-order chi connectivity index (χ0) is 16.9. The number of nitrogens with one attached hydrogen (secondary N) is 1. The number of ether oxygens (including phenoxy) is 1. The van der Waals surface area contributed by atoms with Gasteiger partial charge in [-0.15, -0.1) is 0 Å². The summed E-state index contributed by atoms with van der Waals surface area (Å²) >= 11 is 3.39. The third-order valence-electron chi connectivity index (χ3n) is 4.47. The molecule has 24 heavy (non-hydrogen) atoms. The Morgan fingerprint density at radius 2 is 2.08 bits per heavy atom. The monoisotopic (exact) mass is 395 g/mol. The number of amides is 2. The molecule has 0 bridgehead atoms. The average Bonchev–Trinajstić information content (AvgIpc) is 2.95. The largest absolute Gasteiger partial charge is 0.379 e. The fourth-order valence-electron chi connectivity index (χ4n) is 3.06. The number of hydrogen-bond acceptors (Lipinski definition) is 4. The Bertz CT molecular complexity index is 604. The van der Waals surface area contributed by atoms with Gasteiger partial charge in [-0.3, -0.25) is 14.5 Å². The van der Waals surface area contributed by atoms with Gasteiger partial charge in [0, 0.05) is 49.3 Å². The minimum atomic E-state index is -0.277. The van der Waals surface area contributed by atoms with Gasteiger partial charge in [0.05, 0.1) is 19.1 Å². The number of halogens is 1. The summed E-state index contributed by atoms with van der Waals surface area (Å²) in [7, 11) is 0. The molecule has 1 unspecified atom stereocenters. The highest BCUT2D eigenvalue weighted by Crippen LogP contribution is 2.21. The molecule has 1 aromatic carbocycles. The summed E-state index contributed by atoms with van der Waals surface area (Å²) in [5, 5.41) is 2.90.